The predicted molar refractivity (Wildman–Crippen MR) is 63.9 cm³/mol. The Bertz CT molecular complexity index is 383. The van der Waals surface area contributed by atoms with Gasteiger partial charge in [0.15, 0.2) is 0 Å². The summed E-state index contributed by atoms with van der Waals surface area (Å²) in [7, 11) is 0. The van der Waals surface area contributed by atoms with Gasteiger partial charge in [-0.15, -0.1) is 6.42 Å². The molecular weight excluding hydrogens is 216 g/mol. The van der Waals surface area contributed by atoms with E-state index in [1.165, 1.54) is 0 Å². The van der Waals surface area contributed by atoms with E-state index < -0.39 is 0 Å². The largest absolute Gasteiger partial charge is 0.329 e. The zero-order valence-electron chi connectivity index (χ0n) is 10.3. The van der Waals surface area contributed by atoms with Crippen molar-refractivity contribution in [2.24, 2.45) is 5.92 Å². The van der Waals surface area contributed by atoms with Gasteiger partial charge in [0.25, 0.3) is 0 Å². The number of fused-ring (bicyclic) bond motifs is 1. The van der Waals surface area contributed by atoms with Crippen LogP contribution in [0.15, 0.2) is 0 Å². The van der Waals surface area contributed by atoms with Crippen molar-refractivity contribution in [3.63, 3.8) is 0 Å². The minimum atomic E-state index is -0.382. The summed E-state index contributed by atoms with van der Waals surface area (Å²) in [6, 6.07) is -0.640. The van der Waals surface area contributed by atoms with E-state index in [0.29, 0.717) is 6.54 Å². The molecule has 2 saturated heterocycles. The molecule has 2 amide bonds. The van der Waals surface area contributed by atoms with E-state index in [2.05, 4.69) is 5.92 Å². The quantitative estimate of drug-likeness (QED) is 0.652. The molecule has 2 aliphatic heterocycles. The first-order valence-corrected chi connectivity index (χ1v) is 6.12. The summed E-state index contributed by atoms with van der Waals surface area (Å²) in [6.07, 6.45) is 6.99. The number of terminal acetylenes is 1. The molecule has 0 bridgehead atoms. The van der Waals surface area contributed by atoms with E-state index in [4.69, 9.17) is 6.42 Å². The fraction of sp³-hybridized carbons (Fsp3) is 0.692. The highest BCUT2D eigenvalue weighted by atomic mass is 16.2. The van der Waals surface area contributed by atoms with Crippen LogP contribution in [0.4, 0.5) is 0 Å². The number of rotatable bonds is 2. The number of carbonyl (C=O) groups excluding carboxylic acids is 2. The Kier molecular flexibility index (Phi) is 3.10. The van der Waals surface area contributed by atoms with Crippen molar-refractivity contribution in [2.75, 3.05) is 13.1 Å². The van der Waals surface area contributed by atoms with Crippen LogP contribution in [0.5, 0.6) is 0 Å². The molecular formula is C13H18N2O2. The summed E-state index contributed by atoms with van der Waals surface area (Å²) in [4.78, 5) is 28.0. The molecule has 2 atom stereocenters. The Morgan fingerprint density at radius 2 is 2.12 bits per heavy atom. The summed E-state index contributed by atoms with van der Waals surface area (Å²) in [5.41, 5.74) is 0. The van der Waals surface area contributed by atoms with Crippen molar-refractivity contribution in [3.8, 4) is 12.3 Å². The van der Waals surface area contributed by atoms with Crippen LogP contribution < -0.4 is 0 Å². The van der Waals surface area contributed by atoms with E-state index in [0.717, 1.165) is 12.8 Å². The Morgan fingerprint density at radius 3 is 2.71 bits per heavy atom. The molecule has 0 N–H and O–H groups in total. The molecule has 0 saturated carbocycles. The smallest absolute Gasteiger partial charge is 0.246 e. The molecule has 17 heavy (non-hydrogen) atoms. The predicted octanol–water partition coefficient (Wildman–Crippen LogP) is 0.477. The van der Waals surface area contributed by atoms with Gasteiger partial charge in [-0.2, -0.15) is 0 Å². The Balaban J connectivity index is 2.32. The van der Waals surface area contributed by atoms with Gasteiger partial charge in [-0.1, -0.05) is 19.8 Å². The van der Waals surface area contributed by atoms with Crippen molar-refractivity contribution < 1.29 is 9.59 Å². The average molecular weight is 234 g/mol. The number of amides is 2. The third-order valence-corrected chi connectivity index (χ3v) is 3.59. The third-order valence-electron chi connectivity index (χ3n) is 3.59. The second kappa shape index (κ2) is 4.40. The molecule has 0 aromatic heterocycles. The highest BCUT2D eigenvalue weighted by Crippen LogP contribution is 2.29. The Labute approximate surface area is 102 Å². The van der Waals surface area contributed by atoms with Crippen LogP contribution in [0, 0.1) is 18.3 Å². The number of nitrogens with zero attached hydrogens (tertiary/aromatic N) is 2. The van der Waals surface area contributed by atoms with Gasteiger partial charge in [-0.25, -0.2) is 0 Å². The maximum absolute atomic E-state index is 12.3. The van der Waals surface area contributed by atoms with Crippen molar-refractivity contribution in [1.82, 2.24) is 9.80 Å². The van der Waals surface area contributed by atoms with Crippen LogP contribution in [-0.4, -0.2) is 46.8 Å². The molecule has 0 aromatic carbocycles. The van der Waals surface area contributed by atoms with Gasteiger partial charge in [0.1, 0.15) is 12.1 Å². The number of carbonyl (C=O) groups is 2. The first kappa shape index (κ1) is 12.0. The Morgan fingerprint density at radius 1 is 1.41 bits per heavy atom. The van der Waals surface area contributed by atoms with Gasteiger partial charge in [0, 0.05) is 6.54 Å². The zero-order valence-corrected chi connectivity index (χ0v) is 10.3. The lowest BCUT2D eigenvalue weighted by molar-refractivity contribution is -0.160. The standard InChI is InChI=1S/C13H18N2O2/c1-4-7-15-11(9(2)3)13(17)14-8-5-6-10(14)12(15)16/h1,9-11H,5-8H2,2-3H3. The zero-order chi connectivity index (χ0) is 12.6. The number of hydrogen-bond acceptors (Lipinski definition) is 2. The topological polar surface area (TPSA) is 40.6 Å². The average Bonchev–Trinajstić information content (AvgIpc) is 2.74. The maximum Gasteiger partial charge on any atom is 0.246 e. The minimum absolute atomic E-state index is 0.0266. The first-order chi connectivity index (χ1) is 8.07. The van der Waals surface area contributed by atoms with E-state index in [1.807, 2.05) is 13.8 Å². The fourth-order valence-corrected chi connectivity index (χ4v) is 2.84. The van der Waals surface area contributed by atoms with Gasteiger partial charge < -0.3 is 9.80 Å². The molecule has 2 rings (SSSR count). The molecule has 0 aliphatic carbocycles. The number of hydrogen-bond donors (Lipinski definition) is 0. The molecule has 4 nitrogen and oxygen atoms in total. The molecule has 2 unspecified atom stereocenters. The molecule has 2 heterocycles. The van der Waals surface area contributed by atoms with Crippen LogP contribution >= 0.6 is 0 Å². The minimum Gasteiger partial charge on any atom is -0.329 e. The Hall–Kier alpha value is -1.50. The van der Waals surface area contributed by atoms with Gasteiger partial charge in [0.05, 0.1) is 6.54 Å². The highest BCUT2D eigenvalue weighted by Gasteiger charge is 2.48. The molecule has 2 aliphatic rings. The van der Waals surface area contributed by atoms with Crippen LogP contribution in [0.3, 0.4) is 0 Å². The van der Waals surface area contributed by atoms with Crippen LogP contribution in [0.2, 0.25) is 0 Å². The maximum atomic E-state index is 12.3. The van der Waals surface area contributed by atoms with Crippen LogP contribution in [0.25, 0.3) is 0 Å². The highest BCUT2D eigenvalue weighted by molar-refractivity contribution is 5.97. The molecule has 2 fully saturated rings. The molecule has 0 radical (unpaired) electrons. The fourth-order valence-electron chi connectivity index (χ4n) is 2.84. The van der Waals surface area contributed by atoms with E-state index >= 15 is 0 Å². The second-order valence-corrected chi connectivity index (χ2v) is 5.05. The first-order valence-electron chi connectivity index (χ1n) is 6.12. The summed E-state index contributed by atoms with van der Waals surface area (Å²) in [6.45, 7) is 4.85. The second-order valence-electron chi connectivity index (χ2n) is 5.05. The van der Waals surface area contributed by atoms with E-state index in [9.17, 15) is 9.59 Å². The summed E-state index contributed by atoms with van der Waals surface area (Å²) >= 11 is 0. The van der Waals surface area contributed by atoms with Crippen molar-refractivity contribution in [3.05, 3.63) is 0 Å². The van der Waals surface area contributed by atoms with Crippen LogP contribution in [-0.2, 0) is 9.59 Å². The van der Waals surface area contributed by atoms with Gasteiger partial charge in [-0.3, -0.25) is 9.59 Å². The molecule has 92 valence electrons. The van der Waals surface area contributed by atoms with E-state index in [1.54, 1.807) is 9.80 Å². The SMILES string of the molecule is C#CCN1C(=O)C2CCCN2C(=O)C1C(C)C. The lowest BCUT2D eigenvalue weighted by atomic mass is 9.96. The van der Waals surface area contributed by atoms with Crippen molar-refractivity contribution in [2.45, 2.75) is 38.8 Å². The number of piperazine rings is 1. The van der Waals surface area contributed by atoms with Crippen molar-refractivity contribution >= 4 is 11.8 Å². The normalized spacial score (nSPS) is 28.6. The van der Waals surface area contributed by atoms with Gasteiger partial charge in [-0.05, 0) is 18.8 Å². The van der Waals surface area contributed by atoms with E-state index in [-0.39, 0.29) is 36.4 Å². The third kappa shape index (κ3) is 1.80. The summed E-state index contributed by atoms with van der Waals surface area (Å²) in [5.74, 6) is 2.68. The van der Waals surface area contributed by atoms with Crippen LogP contribution in [0.1, 0.15) is 26.7 Å². The summed E-state index contributed by atoms with van der Waals surface area (Å²) in [5, 5.41) is 0. The van der Waals surface area contributed by atoms with Gasteiger partial charge >= 0.3 is 0 Å². The molecule has 4 heteroatoms. The molecule has 0 spiro atoms. The van der Waals surface area contributed by atoms with Crippen molar-refractivity contribution in [1.29, 1.82) is 0 Å². The lowest BCUT2D eigenvalue weighted by Crippen LogP contribution is -2.64. The lowest BCUT2D eigenvalue weighted by Gasteiger charge is -2.43. The molecule has 0 aromatic rings. The monoisotopic (exact) mass is 234 g/mol. The summed E-state index contributed by atoms with van der Waals surface area (Å²) < 4.78 is 0. The van der Waals surface area contributed by atoms with Gasteiger partial charge in [0.2, 0.25) is 11.8 Å².